The Kier molecular flexibility index (Phi) is 9.35. The van der Waals surface area contributed by atoms with Crippen molar-refractivity contribution in [2.24, 2.45) is 0 Å². The fourth-order valence-corrected chi connectivity index (χ4v) is 0.808. The summed E-state index contributed by atoms with van der Waals surface area (Å²) in [4.78, 5) is 0. The molecule has 6 heteroatoms. The van der Waals surface area contributed by atoms with Crippen molar-refractivity contribution in [2.45, 2.75) is 0 Å². The molecule has 0 amide bonds. The molecule has 2 N–H and O–H groups in total. The molecule has 0 unspecified atom stereocenters. The third kappa shape index (κ3) is 13.6. The van der Waals surface area contributed by atoms with Crippen molar-refractivity contribution in [3.63, 3.8) is 0 Å². The molecule has 0 rings (SSSR count). The summed E-state index contributed by atoms with van der Waals surface area (Å²) in [5.74, 6) is -0.249. The second-order valence-electron chi connectivity index (χ2n) is 1.78. The van der Waals surface area contributed by atoms with Crippen LogP contribution in [-0.4, -0.2) is 61.4 Å². The summed E-state index contributed by atoms with van der Waals surface area (Å²) in [5.41, 5.74) is 0. The number of hydrogen-bond donors (Lipinski definition) is 2. The number of rotatable bonds is 5. The molecular formula is C5H12NNaO3S. The van der Waals surface area contributed by atoms with Crippen LogP contribution < -0.4 is 5.32 Å². The van der Waals surface area contributed by atoms with Gasteiger partial charge in [-0.25, -0.2) is 0 Å². The first-order valence-electron chi connectivity index (χ1n) is 2.83. The van der Waals surface area contributed by atoms with Crippen molar-refractivity contribution in [1.29, 1.82) is 0 Å². The SMILES string of the molecule is C=CCNCCS(=O)(=O)O.[NaH]. The molecule has 0 aliphatic heterocycles. The number of hydrogen-bond acceptors (Lipinski definition) is 3. The second kappa shape index (κ2) is 7.27. The average molecular weight is 189 g/mol. The third-order valence-corrected chi connectivity index (χ3v) is 1.55. The summed E-state index contributed by atoms with van der Waals surface area (Å²) < 4.78 is 28.4. The van der Waals surface area contributed by atoms with Crippen LogP contribution in [-0.2, 0) is 10.1 Å². The van der Waals surface area contributed by atoms with E-state index < -0.39 is 10.1 Å². The van der Waals surface area contributed by atoms with E-state index in [2.05, 4.69) is 11.9 Å². The Balaban J connectivity index is 0. The maximum atomic E-state index is 10.1. The van der Waals surface area contributed by atoms with Gasteiger partial charge >= 0.3 is 29.6 Å². The molecule has 0 spiro atoms. The van der Waals surface area contributed by atoms with Gasteiger partial charge in [0.15, 0.2) is 0 Å². The van der Waals surface area contributed by atoms with Crippen molar-refractivity contribution in [1.82, 2.24) is 5.32 Å². The van der Waals surface area contributed by atoms with Crippen molar-refractivity contribution in [3.05, 3.63) is 12.7 Å². The summed E-state index contributed by atoms with van der Waals surface area (Å²) in [6.45, 7) is 4.23. The second-order valence-corrected chi connectivity index (χ2v) is 3.35. The normalized spacial score (nSPS) is 10.3. The fourth-order valence-electron chi connectivity index (χ4n) is 0.405. The molecule has 0 saturated carbocycles. The first-order valence-corrected chi connectivity index (χ1v) is 4.44. The van der Waals surface area contributed by atoms with Crippen LogP contribution >= 0.6 is 0 Å². The van der Waals surface area contributed by atoms with Gasteiger partial charge in [-0.2, -0.15) is 8.42 Å². The standard InChI is InChI=1S/C5H11NO3S.Na.H/c1-2-3-6-4-5-10(7,8)9;;/h2,6H,1,3-5H2,(H,7,8,9);;. The van der Waals surface area contributed by atoms with Gasteiger partial charge in [0.1, 0.15) is 0 Å². The molecule has 0 atom stereocenters. The zero-order chi connectivity index (χ0) is 8.04. The van der Waals surface area contributed by atoms with Gasteiger partial charge in [-0.15, -0.1) is 6.58 Å². The van der Waals surface area contributed by atoms with E-state index in [1.54, 1.807) is 6.08 Å². The molecule has 0 radical (unpaired) electrons. The Morgan fingerprint density at radius 3 is 2.45 bits per heavy atom. The molecule has 0 heterocycles. The van der Waals surface area contributed by atoms with Crippen LogP contribution in [0.3, 0.4) is 0 Å². The van der Waals surface area contributed by atoms with Crippen LogP contribution in [0.1, 0.15) is 0 Å². The zero-order valence-electron chi connectivity index (χ0n) is 5.58. The summed E-state index contributed by atoms with van der Waals surface area (Å²) in [6, 6.07) is 0. The van der Waals surface area contributed by atoms with E-state index in [0.717, 1.165) is 0 Å². The van der Waals surface area contributed by atoms with Crippen LogP contribution in [0, 0.1) is 0 Å². The van der Waals surface area contributed by atoms with E-state index in [-0.39, 0.29) is 41.9 Å². The molecule has 11 heavy (non-hydrogen) atoms. The van der Waals surface area contributed by atoms with Gasteiger partial charge in [0.05, 0.1) is 5.75 Å². The van der Waals surface area contributed by atoms with Gasteiger partial charge in [0.2, 0.25) is 0 Å². The quantitative estimate of drug-likeness (QED) is 0.252. The van der Waals surface area contributed by atoms with Gasteiger partial charge in [-0.05, 0) is 0 Å². The van der Waals surface area contributed by atoms with E-state index in [1.807, 2.05) is 0 Å². The van der Waals surface area contributed by atoms with Crippen LogP contribution in [0.25, 0.3) is 0 Å². The van der Waals surface area contributed by atoms with E-state index >= 15 is 0 Å². The minimum absolute atomic E-state index is 0. The monoisotopic (exact) mass is 189 g/mol. The topological polar surface area (TPSA) is 66.4 Å². The molecule has 62 valence electrons. The van der Waals surface area contributed by atoms with Gasteiger partial charge in [-0.3, -0.25) is 4.55 Å². The Labute approximate surface area is 89.1 Å². The van der Waals surface area contributed by atoms with E-state index in [4.69, 9.17) is 4.55 Å². The van der Waals surface area contributed by atoms with Gasteiger partial charge < -0.3 is 5.32 Å². The predicted octanol–water partition coefficient (Wildman–Crippen LogP) is -0.999. The molecule has 0 aromatic heterocycles. The Morgan fingerprint density at radius 1 is 1.55 bits per heavy atom. The van der Waals surface area contributed by atoms with Gasteiger partial charge in [-0.1, -0.05) is 6.08 Å². The Morgan fingerprint density at radius 2 is 2.09 bits per heavy atom. The summed E-state index contributed by atoms with van der Waals surface area (Å²) in [5, 5.41) is 2.73. The summed E-state index contributed by atoms with van der Waals surface area (Å²) in [7, 11) is -3.80. The molecule has 0 bridgehead atoms. The summed E-state index contributed by atoms with van der Waals surface area (Å²) >= 11 is 0. The van der Waals surface area contributed by atoms with Crippen molar-refractivity contribution in [3.8, 4) is 0 Å². The van der Waals surface area contributed by atoms with Crippen molar-refractivity contribution in [2.75, 3.05) is 18.8 Å². The van der Waals surface area contributed by atoms with E-state index in [1.165, 1.54) is 0 Å². The number of nitrogens with one attached hydrogen (secondary N) is 1. The molecular weight excluding hydrogens is 177 g/mol. The first-order chi connectivity index (χ1) is 4.56. The van der Waals surface area contributed by atoms with Gasteiger partial charge in [0, 0.05) is 13.1 Å². The third-order valence-electron chi connectivity index (χ3n) is 0.825. The molecule has 0 fully saturated rings. The summed E-state index contributed by atoms with van der Waals surface area (Å²) in [6.07, 6.45) is 1.62. The van der Waals surface area contributed by atoms with E-state index in [9.17, 15) is 8.42 Å². The predicted molar refractivity (Wildman–Crippen MR) is 46.6 cm³/mol. The van der Waals surface area contributed by atoms with Crippen LogP contribution in [0.2, 0.25) is 0 Å². The van der Waals surface area contributed by atoms with Crippen LogP contribution in [0.15, 0.2) is 12.7 Å². The molecule has 4 nitrogen and oxygen atoms in total. The van der Waals surface area contributed by atoms with Crippen LogP contribution in [0.4, 0.5) is 0 Å². The van der Waals surface area contributed by atoms with E-state index in [0.29, 0.717) is 6.54 Å². The molecule has 0 aromatic rings. The zero-order valence-corrected chi connectivity index (χ0v) is 6.39. The molecule has 0 saturated heterocycles. The van der Waals surface area contributed by atoms with Crippen molar-refractivity contribution >= 4 is 39.7 Å². The molecule has 0 aromatic carbocycles. The molecule has 0 aliphatic rings. The maximum absolute atomic E-state index is 10.1. The van der Waals surface area contributed by atoms with Crippen molar-refractivity contribution < 1.29 is 13.0 Å². The Hall–Kier alpha value is 0.610. The Bertz CT molecular complexity index is 190. The fraction of sp³-hybridized carbons (Fsp3) is 0.600. The molecule has 0 aliphatic carbocycles. The first kappa shape index (κ1) is 14.2. The average Bonchev–Trinajstić information content (AvgIpc) is 1.78. The van der Waals surface area contributed by atoms with Crippen LogP contribution in [0.5, 0.6) is 0 Å². The van der Waals surface area contributed by atoms with Gasteiger partial charge in [0.25, 0.3) is 10.1 Å². The minimum atomic E-state index is -3.80.